The zero-order chi connectivity index (χ0) is 15.4. The highest BCUT2D eigenvalue weighted by Crippen LogP contribution is 2.22. The molecule has 0 unspecified atom stereocenters. The van der Waals surface area contributed by atoms with Crippen LogP contribution in [0.5, 0.6) is 0 Å². The van der Waals surface area contributed by atoms with Crippen molar-refractivity contribution in [3.63, 3.8) is 0 Å². The van der Waals surface area contributed by atoms with Crippen LogP contribution >= 0.6 is 0 Å². The van der Waals surface area contributed by atoms with E-state index in [2.05, 4.69) is 0 Å². The molecule has 1 aliphatic heterocycles. The summed E-state index contributed by atoms with van der Waals surface area (Å²) in [5.41, 5.74) is 6.66. The molecule has 2 rings (SSSR count). The number of non-ortho nitro benzene ring substituents is 1. The fraction of sp³-hybridized carbons (Fsp3) is 0.500. The van der Waals surface area contributed by atoms with E-state index in [9.17, 15) is 14.9 Å². The first-order valence-electron chi connectivity index (χ1n) is 7.06. The summed E-state index contributed by atoms with van der Waals surface area (Å²) in [6.07, 6.45) is 0.629. The molecule has 1 aromatic rings. The van der Waals surface area contributed by atoms with E-state index in [0.717, 1.165) is 5.69 Å². The minimum absolute atomic E-state index is 0.0174. The van der Waals surface area contributed by atoms with Crippen molar-refractivity contribution in [2.24, 2.45) is 5.73 Å². The van der Waals surface area contributed by atoms with Crippen LogP contribution in [-0.2, 0) is 4.79 Å². The minimum Gasteiger partial charge on any atom is -0.368 e. The summed E-state index contributed by atoms with van der Waals surface area (Å²) in [6, 6.07) is 6.13. The van der Waals surface area contributed by atoms with E-state index in [1.165, 1.54) is 6.07 Å². The Balaban J connectivity index is 1.99. The lowest BCUT2D eigenvalue weighted by Crippen LogP contribution is -2.53. The molecule has 7 heteroatoms. The third-order valence-corrected chi connectivity index (χ3v) is 3.75. The maximum atomic E-state index is 12.0. The monoisotopic (exact) mass is 292 g/mol. The third kappa shape index (κ3) is 3.49. The van der Waals surface area contributed by atoms with E-state index in [1.54, 1.807) is 17.0 Å². The number of rotatable bonds is 4. The van der Waals surface area contributed by atoms with Gasteiger partial charge in [0.2, 0.25) is 5.91 Å². The van der Waals surface area contributed by atoms with Gasteiger partial charge in [-0.15, -0.1) is 0 Å². The molecule has 1 atom stereocenters. The van der Waals surface area contributed by atoms with Crippen molar-refractivity contribution in [3.05, 3.63) is 34.4 Å². The Labute approximate surface area is 123 Å². The fourth-order valence-corrected chi connectivity index (χ4v) is 2.40. The molecule has 7 nitrogen and oxygen atoms in total. The van der Waals surface area contributed by atoms with Crippen molar-refractivity contribution in [3.8, 4) is 0 Å². The van der Waals surface area contributed by atoms with Crippen molar-refractivity contribution in [2.75, 3.05) is 31.1 Å². The number of anilines is 1. The van der Waals surface area contributed by atoms with Crippen LogP contribution in [0.1, 0.15) is 13.3 Å². The Hall–Kier alpha value is -2.15. The van der Waals surface area contributed by atoms with Crippen LogP contribution in [0.2, 0.25) is 0 Å². The van der Waals surface area contributed by atoms with Crippen molar-refractivity contribution in [1.82, 2.24) is 4.90 Å². The third-order valence-electron chi connectivity index (χ3n) is 3.75. The average molecular weight is 292 g/mol. The van der Waals surface area contributed by atoms with Gasteiger partial charge in [-0.25, -0.2) is 0 Å². The van der Waals surface area contributed by atoms with E-state index >= 15 is 0 Å². The lowest BCUT2D eigenvalue weighted by Gasteiger charge is -2.37. The van der Waals surface area contributed by atoms with Crippen molar-refractivity contribution in [1.29, 1.82) is 0 Å². The lowest BCUT2D eigenvalue weighted by molar-refractivity contribution is -0.384. The standard InChI is InChI=1S/C14H20N4O3/c1-2-13(15)14(19)17-8-6-16(7-9-17)11-4-3-5-12(10-11)18(20)21/h3-5,10,13H,2,6-9,15H2,1H3/t13-/m1/s1. The molecule has 2 N–H and O–H groups in total. The average Bonchev–Trinajstić information content (AvgIpc) is 2.53. The number of hydrogen-bond acceptors (Lipinski definition) is 5. The summed E-state index contributed by atoms with van der Waals surface area (Å²) < 4.78 is 0. The van der Waals surface area contributed by atoms with Crippen molar-refractivity contribution >= 4 is 17.3 Å². The summed E-state index contributed by atoms with van der Waals surface area (Å²) in [7, 11) is 0. The van der Waals surface area contributed by atoms with E-state index in [4.69, 9.17) is 5.73 Å². The largest absolute Gasteiger partial charge is 0.368 e. The summed E-state index contributed by atoms with van der Waals surface area (Å²) >= 11 is 0. The Morgan fingerprint density at radius 3 is 2.62 bits per heavy atom. The number of carbonyl (C=O) groups excluding carboxylic acids is 1. The number of benzene rings is 1. The predicted octanol–water partition coefficient (Wildman–Crippen LogP) is 0.981. The molecule has 0 bridgehead atoms. The van der Waals surface area contributed by atoms with E-state index in [1.807, 2.05) is 17.9 Å². The van der Waals surface area contributed by atoms with E-state index in [-0.39, 0.29) is 11.6 Å². The molecule has 1 aromatic carbocycles. The molecule has 1 saturated heterocycles. The maximum absolute atomic E-state index is 12.0. The van der Waals surface area contributed by atoms with Crippen molar-refractivity contribution in [2.45, 2.75) is 19.4 Å². The summed E-state index contributed by atoms with van der Waals surface area (Å²) in [5.74, 6) is -0.0174. The highest BCUT2D eigenvalue weighted by atomic mass is 16.6. The zero-order valence-corrected chi connectivity index (χ0v) is 12.1. The molecule has 0 aliphatic carbocycles. The molecule has 1 fully saturated rings. The minimum atomic E-state index is -0.436. The van der Waals surface area contributed by atoms with E-state index in [0.29, 0.717) is 32.6 Å². The van der Waals surface area contributed by atoms with Crippen LogP contribution in [0.25, 0.3) is 0 Å². The predicted molar refractivity (Wildman–Crippen MR) is 80.2 cm³/mol. The van der Waals surface area contributed by atoms with Crippen LogP contribution in [0.4, 0.5) is 11.4 Å². The number of nitrogens with two attached hydrogens (primary N) is 1. The van der Waals surface area contributed by atoms with Gasteiger partial charge >= 0.3 is 0 Å². The first kappa shape index (κ1) is 15.2. The van der Waals surface area contributed by atoms with Gasteiger partial charge in [0, 0.05) is 44.0 Å². The smallest absolute Gasteiger partial charge is 0.271 e. The van der Waals surface area contributed by atoms with E-state index < -0.39 is 11.0 Å². The maximum Gasteiger partial charge on any atom is 0.271 e. The number of nitro benzene ring substituents is 1. The molecule has 1 heterocycles. The summed E-state index contributed by atoms with van der Waals surface area (Å²) in [6.45, 7) is 4.39. The number of nitrogens with zero attached hydrogens (tertiary/aromatic N) is 3. The van der Waals surface area contributed by atoms with Gasteiger partial charge in [0.15, 0.2) is 0 Å². The first-order valence-corrected chi connectivity index (χ1v) is 7.06. The quantitative estimate of drug-likeness (QED) is 0.659. The van der Waals surface area contributed by atoms with Crippen LogP contribution in [0.3, 0.4) is 0 Å². The van der Waals surface area contributed by atoms with Crippen LogP contribution in [0, 0.1) is 10.1 Å². The molecule has 1 aliphatic rings. The number of amides is 1. The number of carbonyl (C=O) groups is 1. The second-order valence-electron chi connectivity index (χ2n) is 5.10. The lowest BCUT2D eigenvalue weighted by atomic mass is 10.2. The summed E-state index contributed by atoms with van der Waals surface area (Å²) in [5, 5.41) is 10.8. The Morgan fingerprint density at radius 1 is 1.38 bits per heavy atom. The van der Waals surface area contributed by atoms with Crippen LogP contribution in [-0.4, -0.2) is 48.0 Å². The van der Waals surface area contributed by atoms with Crippen molar-refractivity contribution < 1.29 is 9.72 Å². The second-order valence-corrected chi connectivity index (χ2v) is 5.10. The topological polar surface area (TPSA) is 92.7 Å². The molecule has 0 spiro atoms. The molecule has 114 valence electrons. The normalized spacial score (nSPS) is 16.7. The molecule has 0 radical (unpaired) electrons. The Morgan fingerprint density at radius 2 is 2.05 bits per heavy atom. The fourth-order valence-electron chi connectivity index (χ4n) is 2.40. The SMILES string of the molecule is CC[C@@H](N)C(=O)N1CCN(c2cccc([N+](=O)[O-])c2)CC1. The molecule has 1 amide bonds. The molecule has 0 aromatic heterocycles. The van der Waals surface area contributed by atoms with Crippen LogP contribution in [0.15, 0.2) is 24.3 Å². The zero-order valence-electron chi connectivity index (χ0n) is 12.1. The van der Waals surface area contributed by atoms with Gasteiger partial charge in [0.25, 0.3) is 5.69 Å². The van der Waals surface area contributed by atoms with Crippen LogP contribution < -0.4 is 10.6 Å². The number of nitro groups is 1. The molecule has 0 saturated carbocycles. The number of piperazine rings is 1. The van der Waals surface area contributed by atoms with Gasteiger partial charge in [-0.1, -0.05) is 13.0 Å². The van der Waals surface area contributed by atoms with Gasteiger partial charge in [-0.3, -0.25) is 14.9 Å². The van der Waals surface area contributed by atoms with Gasteiger partial charge in [-0.05, 0) is 12.5 Å². The number of hydrogen-bond donors (Lipinski definition) is 1. The van der Waals surface area contributed by atoms with Gasteiger partial charge < -0.3 is 15.5 Å². The Bertz CT molecular complexity index is 527. The Kier molecular flexibility index (Phi) is 4.74. The first-order chi connectivity index (χ1) is 10.0. The molecular formula is C14H20N4O3. The second kappa shape index (κ2) is 6.53. The summed E-state index contributed by atoms with van der Waals surface area (Å²) in [4.78, 5) is 26.2. The van der Waals surface area contributed by atoms with Gasteiger partial charge in [0.05, 0.1) is 11.0 Å². The van der Waals surface area contributed by atoms with Gasteiger partial charge in [0.1, 0.15) is 0 Å². The highest BCUT2D eigenvalue weighted by molar-refractivity contribution is 5.81. The molecule has 21 heavy (non-hydrogen) atoms. The van der Waals surface area contributed by atoms with Gasteiger partial charge in [-0.2, -0.15) is 0 Å². The molecular weight excluding hydrogens is 272 g/mol. The highest BCUT2D eigenvalue weighted by Gasteiger charge is 2.24.